The van der Waals surface area contributed by atoms with Gasteiger partial charge in [-0.05, 0) is 50.2 Å². The van der Waals surface area contributed by atoms with E-state index in [0.29, 0.717) is 24.1 Å². The molecule has 0 unspecified atom stereocenters. The van der Waals surface area contributed by atoms with Crippen LogP contribution < -0.4 is 5.32 Å². The molecule has 1 aromatic rings. The summed E-state index contributed by atoms with van der Waals surface area (Å²) < 4.78 is 0. The maximum atomic E-state index is 12.4. The number of nitrogens with one attached hydrogen (secondary N) is 1. The van der Waals surface area contributed by atoms with Crippen molar-refractivity contribution in [1.29, 1.82) is 0 Å². The van der Waals surface area contributed by atoms with Crippen molar-refractivity contribution < 1.29 is 9.59 Å². The van der Waals surface area contributed by atoms with Crippen molar-refractivity contribution >= 4 is 23.6 Å². The Bertz CT molecular complexity index is 560. The molecule has 1 heterocycles. The second-order valence-corrected chi connectivity index (χ2v) is 7.88. The van der Waals surface area contributed by atoms with E-state index < -0.39 is 0 Å². The smallest absolute Gasteiger partial charge is 0.232 e. The number of hydrogen-bond acceptors (Lipinski definition) is 3. The largest absolute Gasteiger partial charge is 0.353 e. The topological polar surface area (TPSA) is 49.4 Å². The van der Waals surface area contributed by atoms with Crippen LogP contribution in [0.1, 0.15) is 38.5 Å². The molecule has 4 nitrogen and oxygen atoms in total. The second kappa shape index (κ2) is 8.56. The maximum Gasteiger partial charge on any atom is 0.232 e. The van der Waals surface area contributed by atoms with Crippen LogP contribution in [0.5, 0.6) is 0 Å². The zero-order valence-corrected chi connectivity index (χ0v) is 14.9. The van der Waals surface area contributed by atoms with E-state index in [1.54, 1.807) is 11.8 Å². The minimum Gasteiger partial charge on any atom is -0.353 e. The van der Waals surface area contributed by atoms with E-state index in [-0.39, 0.29) is 11.8 Å². The molecule has 2 amide bonds. The van der Waals surface area contributed by atoms with E-state index in [4.69, 9.17) is 0 Å². The molecule has 0 bridgehead atoms. The van der Waals surface area contributed by atoms with Gasteiger partial charge in [-0.25, -0.2) is 0 Å². The van der Waals surface area contributed by atoms with Crippen LogP contribution in [-0.2, 0) is 9.59 Å². The minimum atomic E-state index is 0.181. The second-order valence-electron chi connectivity index (χ2n) is 6.83. The molecule has 1 saturated heterocycles. The summed E-state index contributed by atoms with van der Waals surface area (Å²) in [4.78, 5) is 27.4. The van der Waals surface area contributed by atoms with Gasteiger partial charge < -0.3 is 10.2 Å². The lowest BCUT2D eigenvalue weighted by Crippen LogP contribution is -2.41. The highest BCUT2D eigenvalue weighted by atomic mass is 32.2. The fraction of sp³-hybridized carbons (Fsp3) is 0.579. The Morgan fingerprint density at radius 3 is 2.71 bits per heavy atom. The molecule has 1 saturated carbocycles. The van der Waals surface area contributed by atoms with E-state index in [1.807, 2.05) is 35.2 Å². The summed E-state index contributed by atoms with van der Waals surface area (Å²) in [5, 5.41) is 3.04. The molecule has 130 valence electrons. The quantitative estimate of drug-likeness (QED) is 0.772. The van der Waals surface area contributed by atoms with Gasteiger partial charge in [-0.15, -0.1) is 11.8 Å². The Hall–Kier alpha value is -1.49. The summed E-state index contributed by atoms with van der Waals surface area (Å²) in [7, 11) is 0. The number of likely N-dealkylation sites (tertiary alicyclic amines) is 1. The Labute approximate surface area is 148 Å². The highest BCUT2D eigenvalue weighted by Gasteiger charge is 2.26. The number of amides is 2. The van der Waals surface area contributed by atoms with Gasteiger partial charge in [0.2, 0.25) is 11.8 Å². The average molecular weight is 346 g/mol. The molecule has 2 fully saturated rings. The summed E-state index contributed by atoms with van der Waals surface area (Å²) in [6.07, 6.45) is 5.95. The fourth-order valence-corrected chi connectivity index (χ4v) is 3.97. The van der Waals surface area contributed by atoms with Crippen molar-refractivity contribution in [3.8, 4) is 0 Å². The maximum absolute atomic E-state index is 12.4. The molecule has 1 atom stereocenters. The van der Waals surface area contributed by atoms with Crippen LogP contribution in [-0.4, -0.2) is 41.6 Å². The Morgan fingerprint density at radius 1 is 1.17 bits per heavy atom. The predicted molar refractivity (Wildman–Crippen MR) is 96.9 cm³/mol. The van der Waals surface area contributed by atoms with Crippen molar-refractivity contribution in [2.75, 3.05) is 18.8 Å². The monoisotopic (exact) mass is 346 g/mol. The normalized spacial score (nSPS) is 20.7. The molecule has 0 aromatic heterocycles. The van der Waals surface area contributed by atoms with Gasteiger partial charge in [0, 0.05) is 30.4 Å². The molecule has 3 rings (SSSR count). The number of piperidine rings is 1. The molecule has 1 aliphatic heterocycles. The zero-order valence-electron chi connectivity index (χ0n) is 14.1. The zero-order chi connectivity index (χ0) is 16.8. The molecular weight excluding hydrogens is 320 g/mol. The van der Waals surface area contributed by atoms with Crippen molar-refractivity contribution in [1.82, 2.24) is 10.2 Å². The number of hydrogen-bond donors (Lipinski definition) is 1. The van der Waals surface area contributed by atoms with Gasteiger partial charge in [0.15, 0.2) is 0 Å². The van der Waals surface area contributed by atoms with Crippen molar-refractivity contribution in [3.63, 3.8) is 0 Å². The SMILES string of the molecule is O=C(CC[C@@H]1CCCN(C(=O)CSc2ccccc2)C1)NC1CC1. The van der Waals surface area contributed by atoms with Gasteiger partial charge in [0.1, 0.15) is 0 Å². The number of carbonyl (C=O) groups excluding carboxylic acids is 2. The van der Waals surface area contributed by atoms with E-state index in [9.17, 15) is 9.59 Å². The molecule has 0 radical (unpaired) electrons. The summed E-state index contributed by atoms with van der Waals surface area (Å²) >= 11 is 1.60. The molecule has 5 heteroatoms. The van der Waals surface area contributed by atoms with Crippen molar-refractivity contribution in [2.45, 2.75) is 49.5 Å². The van der Waals surface area contributed by atoms with E-state index in [2.05, 4.69) is 5.32 Å². The lowest BCUT2D eigenvalue weighted by Gasteiger charge is -2.32. The van der Waals surface area contributed by atoms with E-state index >= 15 is 0 Å². The third-order valence-corrected chi connectivity index (χ3v) is 5.70. The number of benzene rings is 1. The third-order valence-electron chi connectivity index (χ3n) is 4.70. The van der Waals surface area contributed by atoms with Crippen LogP contribution in [0.15, 0.2) is 35.2 Å². The summed E-state index contributed by atoms with van der Waals surface area (Å²) in [5.41, 5.74) is 0. The van der Waals surface area contributed by atoms with Gasteiger partial charge in [0.05, 0.1) is 5.75 Å². The molecule has 1 N–H and O–H groups in total. The first-order chi connectivity index (χ1) is 11.7. The number of carbonyl (C=O) groups is 2. The number of thioether (sulfide) groups is 1. The molecule has 1 aliphatic carbocycles. The van der Waals surface area contributed by atoms with Gasteiger partial charge in [-0.1, -0.05) is 18.2 Å². The Morgan fingerprint density at radius 2 is 1.96 bits per heavy atom. The fourth-order valence-electron chi connectivity index (χ4n) is 3.14. The summed E-state index contributed by atoms with van der Waals surface area (Å²) in [6, 6.07) is 10.5. The number of rotatable bonds is 7. The molecule has 24 heavy (non-hydrogen) atoms. The first kappa shape index (κ1) is 17.3. The lowest BCUT2D eigenvalue weighted by molar-refractivity contribution is -0.130. The van der Waals surface area contributed by atoms with E-state index in [1.165, 1.54) is 0 Å². The Kier molecular flexibility index (Phi) is 6.18. The minimum absolute atomic E-state index is 0.181. The van der Waals surface area contributed by atoms with Crippen molar-refractivity contribution in [2.24, 2.45) is 5.92 Å². The molecule has 1 aromatic carbocycles. The molecule has 0 spiro atoms. The van der Waals surface area contributed by atoms with E-state index in [0.717, 1.165) is 50.1 Å². The van der Waals surface area contributed by atoms with Crippen LogP contribution >= 0.6 is 11.8 Å². The van der Waals surface area contributed by atoms with Gasteiger partial charge >= 0.3 is 0 Å². The van der Waals surface area contributed by atoms with Crippen LogP contribution in [0.4, 0.5) is 0 Å². The summed E-state index contributed by atoms with van der Waals surface area (Å²) in [5.74, 6) is 1.37. The van der Waals surface area contributed by atoms with Gasteiger partial charge in [0.25, 0.3) is 0 Å². The molecular formula is C19H26N2O2S. The van der Waals surface area contributed by atoms with Crippen LogP contribution in [0, 0.1) is 5.92 Å². The standard InChI is InChI=1S/C19H26N2O2S/c22-18(20-16-9-10-16)11-8-15-5-4-12-21(13-15)19(23)14-24-17-6-2-1-3-7-17/h1-3,6-7,15-16H,4-5,8-14H2,(H,20,22)/t15-/m0/s1. The first-order valence-corrected chi connectivity index (χ1v) is 9.94. The van der Waals surface area contributed by atoms with Gasteiger partial charge in [-0.2, -0.15) is 0 Å². The third kappa shape index (κ3) is 5.55. The van der Waals surface area contributed by atoms with Gasteiger partial charge in [-0.3, -0.25) is 9.59 Å². The predicted octanol–water partition coefficient (Wildman–Crippen LogP) is 3.08. The van der Waals surface area contributed by atoms with Crippen LogP contribution in [0.3, 0.4) is 0 Å². The first-order valence-electron chi connectivity index (χ1n) is 8.95. The Balaban J connectivity index is 1.39. The number of nitrogens with zero attached hydrogens (tertiary/aromatic N) is 1. The highest BCUT2D eigenvalue weighted by Crippen LogP contribution is 2.24. The summed E-state index contributed by atoms with van der Waals surface area (Å²) in [6.45, 7) is 1.67. The lowest BCUT2D eigenvalue weighted by atomic mass is 9.93. The van der Waals surface area contributed by atoms with Crippen LogP contribution in [0.25, 0.3) is 0 Å². The molecule has 2 aliphatic rings. The van der Waals surface area contributed by atoms with Crippen LogP contribution in [0.2, 0.25) is 0 Å². The average Bonchev–Trinajstić information content (AvgIpc) is 3.43. The van der Waals surface area contributed by atoms with Crippen molar-refractivity contribution in [3.05, 3.63) is 30.3 Å². The highest BCUT2D eigenvalue weighted by molar-refractivity contribution is 8.00.